The van der Waals surface area contributed by atoms with Gasteiger partial charge in [-0.15, -0.1) is 0 Å². The van der Waals surface area contributed by atoms with E-state index in [1.165, 1.54) is 24.3 Å². The van der Waals surface area contributed by atoms with Crippen LogP contribution in [0.25, 0.3) is 0 Å². The van der Waals surface area contributed by atoms with Crippen molar-refractivity contribution in [1.29, 1.82) is 0 Å². The van der Waals surface area contributed by atoms with Crippen LogP contribution < -0.4 is 9.62 Å². The predicted molar refractivity (Wildman–Crippen MR) is 84.5 cm³/mol. The van der Waals surface area contributed by atoms with Gasteiger partial charge in [-0.2, -0.15) is 0 Å². The van der Waals surface area contributed by atoms with Gasteiger partial charge in [0.05, 0.1) is 10.6 Å². The van der Waals surface area contributed by atoms with Gasteiger partial charge in [-0.05, 0) is 37.1 Å². The Balaban J connectivity index is 2.09. The summed E-state index contributed by atoms with van der Waals surface area (Å²) in [6.45, 7) is 0.752. The van der Waals surface area contributed by atoms with Crippen LogP contribution in [0.5, 0.6) is 0 Å². The Morgan fingerprint density at radius 2 is 1.74 bits per heavy atom. The molecule has 23 heavy (non-hydrogen) atoms. The molecular formula is C15H20N2O5S. The first-order valence-electron chi connectivity index (χ1n) is 7.40. The quantitative estimate of drug-likeness (QED) is 0.591. The number of rotatable bonds is 7. The van der Waals surface area contributed by atoms with E-state index in [4.69, 9.17) is 4.74 Å². The molecule has 0 spiro atoms. The lowest BCUT2D eigenvalue weighted by Crippen LogP contribution is -2.40. The van der Waals surface area contributed by atoms with Crippen molar-refractivity contribution < 1.29 is 22.7 Å². The summed E-state index contributed by atoms with van der Waals surface area (Å²) < 4.78 is 31.6. The second kappa shape index (κ2) is 7.67. The zero-order valence-corrected chi connectivity index (χ0v) is 13.8. The zero-order valence-electron chi connectivity index (χ0n) is 12.9. The number of hydrogen-bond acceptors (Lipinski definition) is 5. The smallest absolute Gasteiger partial charge is 0.240 e. The summed E-state index contributed by atoms with van der Waals surface area (Å²) in [5, 5.41) is 0. The normalized spacial score (nSPS) is 16.0. The van der Waals surface area contributed by atoms with Crippen molar-refractivity contribution >= 4 is 27.5 Å². The van der Waals surface area contributed by atoms with Gasteiger partial charge in [-0.1, -0.05) is 0 Å². The van der Waals surface area contributed by atoms with Crippen LogP contribution in [0.1, 0.15) is 25.7 Å². The van der Waals surface area contributed by atoms with Gasteiger partial charge < -0.3 is 4.74 Å². The van der Waals surface area contributed by atoms with Crippen LogP contribution in [0.3, 0.4) is 0 Å². The molecule has 1 N–H and O–H groups in total. The van der Waals surface area contributed by atoms with Crippen LogP contribution in [0.4, 0.5) is 5.69 Å². The minimum Gasteiger partial charge on any atom is -0.385 e. The number of nitrogens with zero attached hydrogens (tertiary/aromatic N) is 1. The molecule has 0 bridgehead atoms. The predicted octanol–water partition coefficient (Wildman–Crippen LogP) is 1.04. The first-order valence-corrected chi connectivity index (χ1v) is 8.88. The largest absolute Gasteiger partial charge is 0.385 e. The topological polar surface area (TPSA) is 92.8 Å². The maximum atomic E-state index is 12.1. The Hall–Kier alpha value is -1.77. The van der Waals surface area contributed by atoms with Crippen LogP contribution in [0.2, 0.25) is 0 Å². The maximum absolute atomic E-state index is 12.1. The van der Waals surface area contributed by atoms with E-state index in [1.54, 1.807) is 7.11 Å². The summed E-state index contributed by atoms with van der Waals surface area (Å²) in [7, 11) is -2.06. The average Bonchev–Trinajstić information content (AvgIpc) is 2.52. The van der Waals surface area contributed by atoms with E-state index in [2.05, 4.69) is 4.72 Å². The molecule has 1 fully saturated rings. The number of benzene rings is 1. The summed E-state index contributed by atoms with van der Waals surface area (Å²) in [5.41, 5.74) is 0.401. The van der Waals surface area contributed by atoms with E-state index in [9.17, 15) is 18.0 Å². The molecule has 0 atom stereocenters. The lowest BCUT2D eigenvalue weighted by atomic mass is 10.1. The number of sulfonamides is 1. The molecule has 1 aromatic rings. The van der Waals surface area contributed by atoms with Crippen LogP contribution in [-0.4, -0.2) is 40.5 Å². The first kappa shape index (κ1) is 17.6. The van der Waals surface area contributed by atoms with Crippen LogP contribution in [0.15, 0.2) is 29.2 Å². The summed E-state index contributed by atoms with van der Waals surface area (Å²) in [4.78, 5) is 24.9. The van der Waals surface area contributed by atoms with Gasteiger partial charge in [0.1, 0.15) is 0 Å². The van der Waals surface area contributed by atoms with Gasteiger partial charge in [0.2, 0.25) is 21.8 Å². The molecule has 1 aliphatic rings. The minimum atomic E-state index is -3.61. The molecule has 1 aliphatic heterocycles. The van der Waals surface area contributed by atoms with Gasteiger partial charge in [0, 0.05) is 33.1 Å². The summed E-state index contributed by atoms with van der Waals surface area (Å²) in [6, 6.07) is 5.74. The molecule has 8 heteroatoms. The van der Waals surface area contributed by atoms with Crippen molar-refractivity contribution in [2.75, 3.05) is 25.2 Å². The maximum Gasteiger partial charge on any atom is 0.240 e. The molecular weight excluding hydrogens is 320 g/mol. The molecule has 126 valence electrons. The molecule has 0 unspecified atom stereocenters. The Bertz CT molecular complexity index is 654. The molecule has 0 radical (unpaired) electrons. The van der Waals surface area contributed by atoms with E-state index in [0.29, 0.717) is 38.0 Å². The van der Waals surface area contributed by atoms with Gasteiger partial charge >= 0.3 is 0 Å². The lowest BCUT2D eigenvalue weighted by Gasteiger charge is -2.24. The van der Waals surface area contributed by atoms with Crippen LogP contribution >= 0.6 is 0 Å². The second-order valence-corrected chi connectivity index (χ2v) is 6.98. The Morgan fingerprint density at radius 3 is 2.30 bits per heavy atom. The number of anilines is 1. The molecule has 1 saturated heterocycles. The van der Waals surface area contributed by atoms with Crippen LogP contribution in [0, 0.1) is 0 Å². The number of hydrogen-bond donors (Lipinski definition) is 1. The SMILES string of the molecule is COCCCNS(=O)(=O)c1ccc(N2C(=O)CCCC2=O)cc1. The molecule has 0 aliphatic carbocycles. The van der Waals surface area contributed by atoms with Crippen molar-refractivity contribution in [1.82, 2.24) is 4.72 Å². The third kappa shape index (κ3) is 4.37. The Morgan fingerprint density at radius 1 is 1.13 bits per heavy atom. The fourth-order valence-corrected chi connectivity index (χ4v) is 3.40. The van der Waals surface area contributed by atoms with E-state index in [1.807, 2.05) is 0 Å². The summed E-state index contributed by atoms with van der Waals surface area (Å²) >= 11 is 0. The minimum absolute atomic E-state index is 0.0931. The van der Waals surface area contributed by atoms with Crippen molar-refractivity contribution in [3.63, 3.8) is 0 Å². The highest BCUT2D eigenvalue weighted by Crippen LogP contribution is 2.23. The molecule has 1 aromatic carbocycles. The van der Waals surface area contributed by atoms with E-state index in [-0.39, 0.29) is 23.3 Å². The lowest BCUT2D eigenvalue weighted by molar-refractivity contribution is -0.129. The molecule has 2 amide bonds. The van der Waals surface area contributed by atoms with E-state index >= 15 is 0 Å². The number of piperidine rings is 1. The fourth-order valence-electron chi connectivity index (χ4n) is 2.32. The van der Waals surface area contributed by atoms with Crippen molar-refractivity contribution in [2.24, 2.45) is 0 Å². The standard InChI is InChI=1S/C15H20N2O5S/c1-22-11-3-10-16-23(20,21)13-8-6-12(7-9-13)17-14(18)4-2-5-15(17)19/h6-9,16H,2-5,10-11H2,1H3. The highest BCUT2D eigenvalue weighted by atomic mass is 32.2. The third-order valence-corrected chi connectivity index (χ3v) is 4.98. The van der Waals surface area contributed by atoms with Crippen molar-refractivity contribution in [3.05, 3.63) is 24.3 Å². The van der Waals surface area contributed by atoms with E-state index in [0.717, 1.165) is 4.90 Å². The Labute approximate surface area is 135 Å². The third-order valence-electron chi connectivity index (χ3n) is 3.50. The highest BCUT2D eigenvalue weighted by Gasteiger charge is 2.27. The second-order valence-electron chi connectivity index (χ2n) is 5.21. The number of amides is 2. The van der Waals surface area contributed by atoms with Crippen molar-refractivity contribution in [3.8, 4) is 0 Å². The number of imide groups is 1. The fraction of sp³-hybridized carbons (Fsp3) is 0.467. The molecule has 0 saturated carbocycles. The molecule has 1 heterocycles. The van der Waals surface area contributed by atoms with Gasteiger partial charge in [0.15, 0.2) is 0 Å². The monoisotopic (exact) mass is 340 g/mol. The van der Waals surface area contributed by atoms with Gasteiger partial charge in [-0.25, -0.2) is 13.1 Å². The number of carbonyl (C=O) groups is 2. The zero-order chi connectivity index (χ0) is 16.9. The Kier molecular flexibility index (Phi) is 5.86. The van der Waals surface area contributed by atoms with Crippen molar-refractivity contribution in [2.45, 2.75) is 30.6 Å². The molecule has 0 aromatic heterocycles. The number of methoxy groups -OCH3 is 1. The average molecular weight is 340 g/mol. The number of ether oxygens (including phenoxy) is 1. The van der Waals surface area contributed by atoms with Gasteiger partial charge in [-0.3, -0.25) is 14.5 Å². The summed E-state index contributed by atoms with van der Waals surface area (Å²) in [5.74, 6) is -0.510. The summed E-state index contributed by atoms with van der Waals surface area (Å²) in [6.07, 6.45) is 1.79. The number of nitrogens with one attached hydrogen (secondary N) is 1. The molecule has 2 rings (SSSR count). The number of carbonyl (C=O) groups excluding carboxylic acids is 2. The van der Waals surface area contributed by atoms with E-state index < -0.39 is 10.0 Å². The highest BCUT2D eigenvalue weighted by molar-refractivity contribution is 7.89. The van der Waals surface area contributed by atoms with Gasteiger partial charge in [0.25, 0.3) is 0 Å². The first-order chi connectivity index (χ1) is 11.0. The van der Waals surface area contributed by atoms with Crippen LogP contribution in [-0.2, 0) is 24.3 Å². The molecule has 7 nitrogen and oxygen atoms in total.